The van der Waals surface area contributed by atoms with E-state index < -0.39 is 0 Å². The van der Waals surface area contributed by atoms with E-state index in [-0.39, 0.29) is 12.3 Å². The Kier molecular flexibility index (Phi) is 4.04. The molecule has 0 atom stereocenters. The van der Waals surface area contributed by atoms with E-state index in [2.05, 4.69) is 26.3 Å². The lowest BCUT2D eigenvalue weighted by Crippen LogP contribution is -2.14. The van der Waals surface area contributed by atoms with Crippen LogP contribution in [-0.4, -0.2) is 15.7 Å². The third kappa shape index (κ3) is 3.11. The molecule has 0 unspecified atom stereocenters. The van der Waals surface area contributed by atoms with E-state index in [1.807, 2.05) is 13.2 Å². The minimum atomic E-state index is -0.106. The number of carbonyl (C=O) groups is 1. The lowest BCUT2D eigenvalue weighted by Gasteiger charge is -2.07. The average Bonchev–Trinajstić information content (AvgIpc) is 2.70. The molecule has 1 aromatic heterocycles. The van der Waals surface area contributed by atoms with Gasteiger partial charge in [0, 0.05) is 13.2 Å². The number of nitrogens with one attached hydrogen (secondary N) is 1. The molecule has 0 aliphatic carbocycles. The molecule has 0 saturated heterocycles. The number of rotatable bonds is 3. The van der Waals surface area contributed by atoms with Gasteiger partial charge in [-0.25, -0.2) is 0 Å². The highest BCUT2D eigenvalue weighted by Gasteiger charge is 2.09. The Morgan fingerprint density at radius 3 is 3.00 bits per heavy atom. The van der Waals surface area contributed by atoms with Crippen molar-refractivity contribution in [2.45, 2.75) is 6.42 Å². The molecular weight excluding hydrogens is 318 g/mol. The molecule has 18 heavy (non-hydrogen) atoms. The molecule has 0 saturated carbocycles. The molecule has 0 bridgehead atoms. The SMILES string of the molecule is Cn1cc(CC(=O)Nc2cccc(Cl)c2Br)cn1. The fourth-order valence-corrected chi connectivity index (χ4v) is 2.08. The van der Waals surface area contributed by atoms with E-state index in [1.54, 1.807) is 29.1 Å². The third-order valence-electron chi connectivity index (χ3n) is 2.35. The summed E-state index contributed by atoms with van der Waals surface area (Å²) in [6.45, 7) is 0. The van der Waals surface area contributed by atoms with Crippen LogP contribution in [0.1, 0.15) is 5.56 Å². The van der Waals surface area contributed by atoms with Gasteiger partial charge in [-0.15, -0.1) is 0 Å². The van der Waals surface area contributed by atoms with E-state index in [0.717, 1.165) is 5.56 Å². The number of hydrogen-bond donors (Lipinski definition) is 1. The monoisotopic (exact) mass is 327 g/mol. The summed E-state index contributed by atoms with van der Waals surface area (Å²) in [5.74, 6) is -0.106. The maximum Gasteiger partial charge on any atom is 0.228 e. The van der Waals surface area contributed by atoms with Crippen molar-refractivity contribution in [1.29, 1.82) is 0 Å². The van der Waals surface area contributed by atoms with Gasteiger partial charge in [0.25, 0.3) is 0 Å². The summed E-state index contributed by atoms with van der Waals surface area (Å²) in [4.78, 5) is 11.8. The molecule has 0 spiro atoms. The van der Waals surface area contributed by atoms with E-state index >= 15 is 0 Å². The van der Waals surface area contributed by atoms with Gasteiger partial charge in [-0.1, -0.05) is 17.7 Å². The van der Waals surface area contributed by atoms with Gasteiger partial charge in [0.15, 0.2) is 0 Å². The zero-order chi connectivity index (χ0) is 13.1. The lowest BCUT2D eigenvalue weighted by atomic mass is 10.2. The van der Waals surface area contributed by atoms with Crippen LogP contribution in [0.5, 0.6) is 0 Å². The molecule has 1 amide bonds. The summed E-state index contributed by atoms with van der Waals surface area (Å²) in [6, 6.07) is 5.33. The molecule has 1 aromatic carbocycles. The van der Waals surface area contributed by atoms with Gasteiger partial charge in [-0.2, -0.15) is 5.10 Å². The summed E-state index contributed by atoms with van der Waals surface area (Å²) in [7, 11) is 1.81. The first-order chi connectivity index (χ1) is 8.56. The molecular formula is C12H11BrClN3O. The predicted molar refractivity (Wildman–Crippen MR) is 74.7 cm³/mol. The molecule has 1 heterocycles. The van der Waals surface area contributed by atoms with Crippen LogP contribution in [0, 0.1) is 0 Å². The summed E-state index contributed by atoms with van der Waals surface area (Å²) in [5.41, 5.74) is 1.53. The highest BCUT2D eigenvalue weighted by molar-refractivity contribution is 9.10. The molecule has 2 aromatic rings. The first-order valence-electron chi connectivity index (χ1n) is 5.27. The second kappa shape index (κ2) is 5.54. The molecule has 0 aliphatic heterocycles. The van der Waals surface area contributed by atoms with Gasteiger partial charge in [-0.05, 0) is 33.6 Å². The standard InChI is InChI=1S/C12H11BrClN3O/c1-17-7-8(6-15-17)5-11(18)16-10-4-2-3-9(14)12(10)13/h2-4,6-7H,5H2,1H3,(H,16,18). The largest absolute Gasteiger partial charge is 0.325 e. The predicted octanol–water partition coefficient (Wildman–Crippen LogP) is 3.02. The van der Waals surface area contributed by atoms with Crippen molar-refractivity contribution in [2.24, 2.45) is 7.05 Å². The van der Waals surface area contributed by atoms with Crippen LogP contribution in [0.15, 0.2) is 35.1 Å². The Morgan fingerprint density at radius 2 is 2.33 bits per heavy atom. The number of amides is 1. The van der Waals surface area contributed by atoms with Gasteiger partial charge in [0.05, 0.1) is 27.8 Å². The molecule has 1 N–H and O–H groups in total. The molecule has 0 fully saturated rings. The Morgan fingerprint density at radius 1 is 1.56 bits per heavy atom. The quantitative estimate of drug-likeness (QED) is 0.941. The average molecular weight is 329 g/mol. The fraction of sp³-hybridized carbons (Fsp3) is 0.167. The van der Waals surface area contributed by atoms with Crippen molar-refractivity contribution in [3.05, 3.63) is 45.7 Å². The van der Waals surface area contributed by atoms with Crippen LogP contribution in [0.2, 0.25) is 5.02 Å². The number of benzene rings is 1. The molecule has 94 valence electrons. The molecule has 2 rings (SSSR count). The zero-order valence-electron chi connectivity index (χ0n) is 9.65. The van der Waals surface area contributed by atoms with E-state index in [4.69, 9.17) is 11.6 Å². The van der Waals surface area contributed by atoms with Crippen LogP contribution in [0.25, 0.3) is 0 Å². The number of aromatic nitrogens is 2. The van der Waals surface area contributed by atoms with E-state index in [9.17, 15) is 4.79 Å². The number of aryl methyl sites for hydroxylation is 1. The van der Waals surface area contributed by atoms with Crippen LogP contribution >= 0.6 is 27.5 Å². The summed E-state index contributed by atoms with van der Waals surface area (Å²) in [5, 5.41) is 7.38. The van der Waals surface area contributed by atoms with Gasteiger partial charge < -0.3 is 5.32 Å². The number of nitrogens with zero attached hydrogens (tertiary/aromatic N) is 2. The summed E-state index contributed by atoms with van der Waals surface area (Å²) in [6.07, 6.45) is 3.77. The van der Waals surface area contributed by atoms with Gasteiger partial charge >= 0.3 is 0 Å². The van der Waals surface area contributed by atoms with Crippen molar-refractivity contribution in [3.8, 4) is 0 Å². The maximum atomic E-state index is 11.8. The molecule has 0 radical (unpaired) electrons. The van der Waals surface area contributed by atoms with Gasteiger partial charge in [-0.3, -0.25) is 9.48 Å². The number of hydrogen-bond acceptors (Lipinski definition) is 2. The number of carbonyl (C=O) groups excluding carboxylic acids is 1. The fourth-order valence-electron chi connectivity index (χ4n) is 1.54. The molecule has 0 aliphatic rings. The summed E-state index contributed by atoms with van der Waals surface area (Å²) >= 11 is 9.28. The van der Waals surface area contributed by atoms with Gasteiger partial charge in [0.1, 0.15) is 0 Å². The normalized spacial score (nSPS) is 10.4. The van der Waals surface area contributed by atoms with Crippen LogP contribution in [-0.2, 0) is 18.3 Å². The zero-order valence-corrected chi connectivity index (χ0v) is 12.0. The number of anilines is 1. The van der Waals surface area contributed by atoms with Crippen molar-refractivity contribution < 1.29 is 4.79 Å². The molecule has 6 heteroatoms. The highest BCUT2D eigenvalue weighted by Crippen LogP contribution is 2.29. The first kappa shape index (κ1) is 13.1. The minimum absolute atomic E-state index is 0.106. The first-order valence-corrected chi connectivity index (χ1v) is 6.45. The smallest absolute Gasteiger partial charge is 0.228 e. The lowest BCUT2D eigenvalue weighted by molar-refractivity contribution is -0.115. The Hall–Kier alpha value is -1.33. The van der Waals surface area contributed by atoms with Crippen molar-refractivity contribution in [2.75, 3.05) is 5.32 Å². The topological polar surface area (TPSA) is 46.9 Å². The van der Waals surface area contributed by atoms with Gasteiger partial charge in [0.2, 0.25) is 5.91 Å². The Bertz CT molecular complexity index is 582. The number of halogens is 2. The third-order valence-corrected chi connectivity index (χ3v) is 3.75. The summed E-state index contributed by atoms with van der Waals surface area (Å²) < 4.78 is 2.35. The van der Waals surface area contributed by atoms with Crippen molar-refractivity contribution in [1.82, 2.24) is 9.78 Å². The van der Waals surface area contributed by atoms with Crippen molar-refractivity contribution >= 4 is 39.1 Å². The second-order valence-electron chi connectivity index (χ2n) is 3.85. The van der Waals surface area contributed by atoms with Crippen LogP contribution in [0.3, 0.4) is 0 Å². The van der Waals surface area contributed by atoms with E-state index in [1.165, 1.54) is 0 Å². The van der Waals surface area contributed by atoms with Crippen molar-refractivity contribution in [3.63, 3.8) is 0 Å². The van der Waals surface area contributed by atoms with E-state index in [0.29, 0.717) is 15.2 Å². The maximum absolute atomic E-state index is 11.8. The van der Waals surface area contributed by atoms with Crippen LogP contribution < -0.4 is 5.32 Å². The molecule has 4 nitrogen and oxygen atoms in total. The Balaban J connectivity index is 2.05. The van der Waals surface area contributed by atoms with Crippen LogP contribution in [0.4, 0.5) is 5.69 Å². The highest BCUT2D eigenvalue weighted by atomic mass is 79.9. The minimum Gasteiger partial charge on any atom is -0.325 e. The second-order valence-corrected chi connectivity index (χ2v) is 5.05. The Labute approximate surface area is 118 Å².